The Morgan fingerprint density at radius 3 is 2.52 bits per heavy atom. The van der Waals surface area contributed by atoms with E-state index in [-0.39, 0.29) is 5.91 Å². The maximum atomic E-state index is 12.5. The predicted molar refractivity (Wildman–Crippen MR) is 114 cm³/mol. The fourth-order valence-corrected chi connectivity index (χ4v) is 3.59. The summed E-state index contributed by atoms with van der Waals surface area (Å²) in [6.45, 7) is 4.66. The van der Waals surface area contributed by atoms with Crippen LogP contribution < -0.4 is 10.1 Å². The van der Waals surface area contributed by atoms with Gasteiger partial charge in [-0.1, -0.05) is 55.0 Å². The van der Waals surface area contributed by atoms with Gasteiger partial charge >= 0.3 is 0 Å². The Hall–Kier alpha value is -2.46. The number of carbonyl (C=O) groups excluding carboxylic acids is 1. The molecule has 1 atom stereocenters. The standard InChI is InChI=1S/C23H25NO2S/c1-3-22(26-20-11-10-18-6-4-5-7-19(18)16-20)23(25)24-14-15-27-21-12-8-17(2)9-13-21/h4-13,16,22H,3,14-15H2,1-2H3,(H,24,25)/t22-/m0/s1. The lowest BCUT2D eigenvalue weighted by Gasteiger charge is -2.17. The van der Waals surface area contributed by atoms with E-state index in [0.717, 1.165) is 22.3 Å². The van der Waals surface area contributed by atoms with Gasteiger partial charge in [0, 0.05) is 17.2 Å². The summed E-state index contributed by atoms with van der Waals surface area (Å²) < 4.78 is 5.94. The number of hydrogen-bond donors (Lipinski definition) is 1. The molecule has 3 aromatic carbocycles. The molecule has 3 nitrogen and oxygen atoms in total. The SMILES string of the molecule is CC[C@H](Oc1ccc2ccccc2c1)C(=O)NCCSc1ccc(C)cc1. The van der Waals surface area contributed by atoms with Crippen LogP contribution in [0.1, 0.15) is 18.9 Å². The molecule has 0 spiro atoms. The van der Waals surface area contributed by atoms with Crippen molar-refractivity contribution in [1.82, 2.24) is 5.32 Å². The van der Waals surface area contributed by atoms with Crippen molar-refractivity contribution in [2.24, 2.45) is 0 Å². The number of amides is 1. The fraction of sp³-hybridized carbons (Fsp3) is 0.261. The van der Waals surface area contributed by atoms with Crippen LogP contribution in [0.2, 0.25) is 0 Å². The third-order valence-electron chi connectivity index (χ3n) is 4.35. The summed E-state index contributed by atoms with van der Waals surface area (Å²) in [5, 5.41) is 5.26. The number of benzene rings is 3. The Morgan fingerprint density at radius 1 is 1.04 bits per heavy atom. The van der Waals surface area contributed by atoms with Gasteiger partial charge in [0.2, 0.25) is 0 Å². The highest BCUT2D eigenvalue weighted by Crippen LogP contribution is 2.22. The highest BCUT2D eigenvalue weighted by molar-refractivity contribution is 7.99. The van der Waals surface area contributed by atoms with Gasteiger partial charge in [-0.15, -0.1) is 11.8 Å². The smallest absolute Gasteiger partial charge is 0.261 e. The normalized spacial score (nSPS) is 11.9. The van der Waals surface area contributed by atoms with Crippen LogP contribution in [-0.4, -0.2) is 24.3 Å². The van der Waals surface area contributed by atoms with Crippen LogP contribution in [0, 0.1) is 6.92 Å². The Kier molecular flexibility index (Phi) is 6.77. The Morgan fingerprint density at radius 2 is 1.78 bits per heavy atom. The molecule has 3 aromatic rings. The summed E-state index contributed by atoms with van der Waals surface area (Å²) in [6.07, 6.45) is 0.152. The van der Waals surface area contributed by atoms with Gasteiger partial charge < -0.3 is 10.1 Å². The fourth-order valence-electron chi connectivity index (χ4n) is 2.82. The van der Waals surface area contributed by atoms with Crippen molar-refractivity contribution in [1.29, 1.82) is 0 Å². The van der Waals surface area contributed by atoms with Crippen molar-refractivity contribution in [2.75, 3.05) is 12.3 Å². The van der Waals surface area contributed by atoms with Gasteiger partial charge in [0.25, 0.3) is 5.91 Å². The molecule has 3 rings (SSSR count). The van der Waals surface area contributed by atoms with E-state index >= 15 is 0 Å². The van der Waals surface area contributed by atoms with E-state index in [1.807, 2.05) is 43.3 Å². The number of nitrogens with one attached hydrogen (secondary N) is 1. The molecule has 4 heteroatoms. The molecule has 0 bridgehead atoms. The summed E-state index contributed by atoms with van der Waals surface area (Å²) in [5.74, 6) is 1.50. The summed E-state index contributed by atoms with van der Waals surface area (Å²) in [7, 11) is 0. The number of thioether (sulfide) groups is 1. The van der Waals surface area contributed by atoms with E-state index in [0.29, 0.717) is 13.0 Å². The van der Waals surface area contributed by atoms with Crippen LogP contribution >= 0.6 is 11.8 Å². The maximum Gasteiger partial charge on any atom is 0.261 e. The molecule has 0 aliphatic heterocycles. The molecule has 0 aliphatic rings. The molecule has 1 amide bonds. The van der Waals surface area contributed by atoms with Gasteiger partial charge in [0.05, 0.1) is 0 Å². The van der Waals surface area contributed by atoms with Crippen LogP contribution in [0.15, 0.2) is 71.6 Å². The quantitative estimate of drug-likeness (QED) is 0.431. The molecule has 0 aromatic heterocycles. The first-order chi connectivity index (χ1) is 13.2. The molecule has 140 valence electrons. The molecule has 0 aliphatic carbocycles. The van der Waals surface area contributed by atoms with Crippen molar-refractivity contribution in [3.05, 3.63) is 72.3 Å². The minimum absolute atomic E-state index is 0.0600. The Bertz CT molecular complexity index is 892. The van der Waals surface area contributed by atoms with Gasteiger partial charge in [-0.05, 0) is 48.4 Å². The van der Waals surface area contributed by atoms with E-state index in [1.165, 1.54) is 10.5 Å². The second-order valence-electron chi connectivity index (χ2n) is 6.48. The molecule has 0 fully saturated rings. The summed E-state index contributed by atoms with van der Waals surface area (Å²) in [6, 6.07) is 22.5. The highest BCUT2D eigenvalue weighted by Gasteiger charge is 2.18. The Balaban J connectivity index is 1.50. The summed E-state index contributed by atoms with van der Waals surface area (Å²) in [4.78, 5) is 13.7. The average molecular weight is 380 g/mol. The number of fused-ring (bicyclic) bond motifs is 1. The molecule has 0 saturated heterocycles. The number of hydrogen-bond acceptors (Lipinski definition) is 3. The first-order valence-electron chi connectivity index (χ1n) is 9.28. The zero-order valence-electron chi connectivity index (χ0n) is 15.8. The number of aryl methyl sites for hydroxylation is 1. The average Bonchev–Trinajstić information content (AvgIpc) is 2.70. The molecule has 0 radical (unpaired) electrons. The number of ether oxygens (including phenoxy) is 1. The topological polar surface area (TPSA) is 38.3 Å². The summed E-state index contributed by atoms with van der Waals surface area (Å²) >= 11 is 1.74. The largest absolute Gasteiger partial charge is 0.481 e. The van der Waals surface area contributed by atoms with Gasteiger partial charge in [-0.25, -0.2) is 0 Å². The minimum atomic E-state index is -0.476. The van der Waals surface area contributed by atoms with Crippen LogP contribution in [0.25, 0.3) is 10.8 Å². The molecule has 27 heavy (non-hydrogen) atoms. The third kappa shape index (κ3) is 5.51. The number of carbonyl (C=O) groups is 1. The van der Waals surface area contributed by atoms with E-state index in [4.69, 9.17) is 4.74 Å². The molecular formula is C23H25NO2S. The number of rotatable bonds is 8. The van der Waals surface area contributed by atoms with E-state index in [1.54, 1.807) is 11.8 Å². The predicted octanol–water partition coefficient (Wildman–Crippen LogP) is 5.21. The van der Waals surface area contributed by atoms with Crippen molar-refractivity contribution >= 4 is 28.4 Å². The lowest BCUT2D eigenvalue weighted by atomic mass is 10.1. The first-order valence-corrected chi connectivity index (χ1v) is 10.3. The molecule has 1 N–H and O–H groups in total. The van der Waals surface area contributed by atoms with Gasteiger partial charge in [0.15, 0.2) is 6.10 Å². The van der Waals surface area contributed by atoms with Crippen molar-refractivity contribution in [3.8, 4) is 5.75 Å². The van der Waals surface area contributed by atoms with E-state index in [2.05, 4.69) is 42.6 Å². The van der Waals surface area contributed by atoms with E-state index < -0.39 is 6.10 Å². The van der Waals surface area contributed by atoms with Crippen LogP contribution in [-0.2, 0) is 4.79 Å². The van der Waals surface area contributed by atoms with Crippen molar-refractivity contribution in [3.63, 3.8) is 0 Å². The second-order valence-corrected chi connectivity index (χ2v) is 7.64. The second kappa shape index (κ2) is 9.47. The third-order valence-corrected chi connectivity index (χ3v) is 5.37. The van der Waals surface area contributed by atoms with Crippen molar-refractivity contribution < 1.29 is 9.53 Å². The van der Waals surface area contributed by atoms with Crippen LogP contribution in [0.5, 0.6) is 5.75 Å². The maximum absolute atomic E-state index is 12.5. The molecular weight excluding hydrogens is 354 g/mol. The summed E-state index contributed by atoms with van der Waals surface area (Å²) in [5.41, 5.74) is 1.25. The zero-order valence-corrected chi connectivity index (χ0v) is 16.6. The van der Waals surface area contributed by atoms with Gasteiger partial charge in [0.1, 0.15) is 5.75 Å². The monoisotopic (exact) mass is 379 g/mol. The zero-order chi connectivity index (χ0) is 19.1. The highest BCUT2D eigenvalue weighted by atomic mass is 32.2. The molecule has 0 saturated carbocycles. The molecule has 0 unspecified atom stereocenters. The van der Waals surface area contributed by atoms with E-state index in [9.17, 15) is 4.79 Å². The Labute approximate surface area is 165 Å². The minimum Gasteiger partial charge on any atom is -0.481 e. The van der Waals surface area contributed by atoms with Gasteiger partial charge in [-0.3, -0.25) is 4.79 Å². The van der Waals surface area contributed by atoms with Crippen LogP contribution in [0.3, 0.4) is 0 Å². The van der Waals surface area contributed by atoms with Gasteiger partial charge in [-0.2, -0.15) is 0 Å². The molecule has 0 heterocycles. The lowest BCUT2D eigenvalue weighted by Crippen LogP contribution is -2.39. The first kappa shape index (κ1) is 19.3. The van der Waals surface area contributed by atoms with Crippen molar-refractivity contribution in [2.45, 2.75) is 31.3 Å². The lowest BCUT2D eigenvalue weighted by molar-refractivity contribution is -0.127. The van der Waals surface area contributed by atoms with Crippen LogP contribution in [0.4, 0.5) is 0 Å².